The second-order valence-corrected chi connectivity index (χ2v) is 4.61. The fourth-order valence-electron chi connectivity index (χ4n) is 1.58. The van der Waals surface area contributed by atoms with Gasteiger partial charge in [-0.3, -0.25) is 0 Å². The molecule has 1 aliphatic carbocycles. The Labute approximate surface area is 95.3 Å². The maximum atomic E-state index is 9.86. The number of hydrogen-bond donors (Lipinski definition) is 2. The molecule has 0 radical (unpaired) electrons. The number of benzene rings is 1. The van der Waals surface area contributed by atoms with Gasteiger partial charge in [0.15, 0.2) is 0 Å². The summed E-state index contributed by atoms with van der Waals surface area (Å²) in [5.41, 5.74) is 0.880. The average Bonchev–Trinajstić information content (AvgIpc) is 3.01. The van der Waals surface area contributed by atoms with Gasteiger partial charge in [-0.25, -0.2) is 0 Å². The molecule has 1 aliphatic rings. The van der Waals surface area contributed by atoms with Gasteiger partial charge < -0.3 is 10.4 Å². The molecular formula is C12H16ClNO. The van der Waals surface area contributed by atoms with Crippen LogP contribution in [0.1, 0.15) is 24.5 Å². The smallest absolute Gasteiger partial charge is 0.0914 e. The molecule has 15 heavy (non-hydrogen) atoms. The number of aliphatic hydroxyl groups is 1. The van der Waals surface area contributed by atoms with Crippen molar-refractivity contribution in [2.45, 2.75) is 18.9 Å². The van der Waals surface area contributed by atoms with E-state index in [0.29, 0.717) is 11.6 Å². The van der Waals surface area contributed by atoms with Gasteiger partial charge >= 0.3 is 0 Å². The second-order valence-electron chi connectivity index (χ2n) is 4.17. The molecule has 3 heteroatoms. The van der Waals surface area contributed by atoms with Crippen LogP contribution in [-0.4, -0.2) is 18.2 Å². The van der Waals surface area contributed by atoms with Crippen molar-refractivity contribution in [3.8, 4) is 0 Å². The molecule has 0 saturated heterocycles. The number of aliphatic hydroxyl groups excluding tert-OH is 1. The minimum Gasteiger partial charge on any atom is -0.387 e. The standard InChI is InChI=1S/C12H16ClNO/c13-11-3-1-2-10(6-11)12(15)8-14-7-9-4-5-9/h1-3,6,9,12,14-15H,4-5,7-8H2. The van der Waals surface area contributed by atoms with Crippen molar-refractivity contribution in [2.24, 2.45) is 5.92 Å². The van der Waals surface area contributed by atoms with E-state index >= 15 is 0 Å². The molecule has 2 N–H and O–H groups in total. The molecule has 2 nitrogen and oxygen atoms in total. The molecule has 82 valence electrons. The highest BCUT2D eigenvalue weighted by atomic mass is 35.5. The molecule has 0 bridgehead atoms. The average molecular weight is 226 g/mol. The number of rotatable bonds is 5. The molecule has 0 aliphatic heterocycles. The first-order valence-electron chi connectivity index (χ1n) is 5.40. The summed E-state index contributed by atoms with van der Waals surface area (Å²) in [5.74, 6) is 0.844. The van der Waals surface area contributed by atoms with Crippen molar-refractivity contribution in [3.63, 3.8) is 0 Å². The van der Waals surface area contributed by atoms with Crippen LogP contribution in [0.2, 0.25) is 5.02 Å². The predicted octanol–water partition coefficient (Wildman–Crippen LogP) is 2.37. The SMILES string of the molecule is OC(CNCC1CC1)c1cccc(Cl)c1. The van der Waals surface area contributed by atoms with Gasteiger partial charge in [0.2, 0.25) is 0 Å². The molecule has 1 saturated carbocycles. The zero-order valence-corrected chi connectivity index (χ0v) is 9.37. The van der Waals surface area contributed by atoms with Crippen LogP contribution in [0.25, 0.3) is 0 Å². The lowest BCUT2D eigenvalue weighted by Gasteiger charge is -2.12. The third kappa shape index (κ3) is 3.49. The fourth-order valence-corrected chi connectivity index (χ4v) is 1.78. The third-order valence-electron chi connectivity index (χ3n) is 2.70. The van der Waals surface area contributed by atoms with Crippen LogP contribution < -0.4 is 5.32 Å². The van der Waals surface area contributed by atoms with E-state index in [-0.39, 0.29) is 0 Å². The number of nitrogens with one attached hydrogen (secondary N) is 1. The van der Waals surface area contributed by atoms with Crippen molar-refractivity contribution in [2.75, 3.05) is 13.1 Å². The van der Waals surface area contributed by atoms with Crippen LogP contribution in [0.3, 0.4) is 0 Å². The van der Waals surface area contributed by atoms with Crippen molar-refractivity contribution in [3.05, 3.63) is 34.9 Å². The Balaban J connectivity index is 1.80. The quantitative estimate of drug-likeness (QED) is 0.807. The van der Waals surface area contributed by atoms with Gasteiger partial charge in [-0.1, -0.05) is 23.7 Å². The third-order valence-corrected chi connectivity index (χ3v) is 2.94. The van der Waals surface area contributed by atoms with E-state index in [2.05, 4.69) is 5.32 Å². The molecule has 1 aromatic carbocycles. The molecule has 1 unspecified atom stereocenters. The Hall–Kier alpha value is -0.570. The van der Waals surface area contributed by atoms with Crippen molar-refractivity contribution >= 4 is 11.6 Å². The van der Waals surface area contributed by atoms with E-state index in [4.69, 9.17) is 11.6 Å². The Morgan fingerprint density at radius 3 is 2.93 bits per heavy atom. The largest absolute Gasteiger partial charge is 0.387 e. The maximum absolute atomic E-state index is 9.86. The predicted molar refractivity (Wildman–Crippen MR) is 62.0 cm³/mol. The summed E-state index contributed by atoms with van der Waals surface area (Å²) in [5, 5.41) is 13.8. The van der Waals surface area contributed by atoms with Gasteiger partial charge in [-0.15, -0.1) is 0 Å². The molecular weight excluding hydrogens is 210 g/mol. The monoisotopic (exact) mass is 225 g/mol. The molecule has 0 heterocycles. The van der Waals surface area contributed by atoms with E-state index in [9.17, 15) is 5.11 Å². The first-order valence-corrected chi connectivity index (χ1v) is 5.78. The lowest BCUT2D eigenvalue weighted by molar-refractivity contribution is 0.174. The van der Waals surface area contributed by atoms with Crippen LogP contribution in [0, 0.1) is 5.92 Å². The van der Waals surface area contributed by atoms with Crippen LogP contribution in [0.4, 0.5) is 0 Å². The van der Waals surface area contributed by atoms with Crippen molar-refractivity contribution < 1.29 is 5.11 Å². The minimum absolute atomic E-state index is 0.456. The highest BCUT2D eigenvalue weighted by molar-refractivity contribution is 6.30. The molecule has 2 rings (SSSR count). The zero-order valence-electron chi connectivity index (χ0n) is 8.62. The summed E-state index contributed by atoms with van der Waals surface area (Å²) in [6.45, 7) is 1.63. The summed E-state index contributed by atoms with van der Waals surface area (Å²) < 4.78 is 0. The van der Waals surface area contributed by atoms with Crippen molar-refractivity contribution in [1.29, 1.82) is 0 Å². The minimum atomic E-state index is -0.456. The maximum Gasteiger partial charge on any atom is 0.0914 e. The van der Waals surface area contributed by atoms with Crippen LogP contribution in [0.5, 0.6) is 0 Å². The molecule has 1 atom stereocenters. The second kappa shape index (κ2) is 4.97. The number of halogens is 1. The van der Waals surface area contributed by atoms with Gasteiger partial charge in [0.05, 0.1) is 6.10 Å². The Kier molecular flexibility index (Phi) is 3.62. The molecule has 1 aromatic rings. The summed E-state index contributed by atoms with van der Waals surface area (Å²) in [4.78, 5) is 0. The Morgan fingerprint density at radius 2 is 2.27 bits per heavy atom. The molecule has 1 fully saturated rings. The van der Waals surface area contributed by atoms with E-state index < -0.39 is 6.10 Å². The van der Waals surface area contributed by atoms with Crippen LogP contribution in [-0.2, 0) is 0 Å². The van der Waals surface area contributed by atoms with Crippen LogP contribution >= 0.6 is 11.6 Å². The molecule has 0 amide bonds. The van der Waals surface area contributed by atoms with E-state index in [1.165, 1.54) is 12.8 Å². The summed E-state index contributed by atoms with van der Waals surface area (Å²) in [6.07, 6.45) is 2.21. The first-order chi connectivity index (χ1) is 7.25. The first kappa shape index (κ1) is 10.9. The van der Waals surface area contributed by atoms with E-state index in [1.54, 1.807) is 0 Å². The fraction of sp³-hybridized carbons (Fsp3) is 0.500. The lowest BCUT2D eigenvalue weighted by atomic mass is 10.1. The summed E-state index contributed by atoms with van der Waals surface area (Å²) >= 11 is 5.85. The highest BCUT2D eigenvalue weighted by Crippen LogP contribution is 2.27. The molecule has 0 spiro atoms. The number of hydrogen-bond acceptors (Lipinski definition) is 2. The Bertz CT molecular complexity index is 325. The summed E-state index contributed by atoms with van der Waals surface area (Å²) in [6, 6.07) is 7.39. The normalized spacial score (nSPS) is 17.7. The van der Waals surface area contributed by atoms with Gasteiger partial charge in [0, 0.05) is 11.6 Å². The zero-order chi connectivity index (χ0) is 10.7. The molecule has 0 aromatic heterocycles. The van der Waals surface area contributed by atoms with Gasteiger partial charge in [0.1, 0.15) is 0 Å². The highest BCUT2D eigenvalue weighted by Gasteiger charge is 2.20. The summed E-state index contributed by atoms with van der Waals surface area (Å²) in [7, 11) is 0. The van der Waals surface area contributed by atoms with E-state index in [0.717, 1.165) is 18.0 Å². The Morgan fingerprint density at radius 1 is 1.47 bits per heavy atom. The topological polar surface area (TPSA) is 32.3 Å². The van der Waals surface area contributed by atoms with Gasteiger partial charge in [0.25, 0.3) is 0 Å². The van der Waals surface area contributed by atoms with Gasteiger partial charge in [-0.2, -0.15) is 0 Å². The lowest BCUT2D eigenvalue weighted by Crippen LogP contribution is -2.23. The van der Waals surface area contributed by atoms with Crippen LogP contribution in [0.15, 0.2) is 24.3 Å². The van der Waals surface area contributed by atoms with E-state index in [1.807, 2.05) is 24.3 Å². The van der Waals surface area contributed by atoms with Gasteiger partial charge in [-0.05, 0) is 43.0 Å². The van der Waals surface area contributed by atoms with Crippen molar-refractivity contribution in [1.82, 2.24) is 5.32 Å².